The summed E-state index contributed by atoms with van der Waals surface area (Å²) in [6, 6.07) is 8.70. The van der Waals surface area contributed by atoms with Gasteiger partial charge in [-0.1, -0.05) is 72.9 Å². The number of halogens is 2. The van der Waals surface area contributed by atoms with E-state index in [-0.39, 0.29) is 24.8 Å². The van der Waals surface area contributed by atoms with Crippen LogP contribution in [0.4, 0.5) is 0 Å². The third-order valence-electron chi connectivity index (χ3n) is 4.05. The summed E-state index contributed by atoms with van der Waals surface area (Å²) in [7, 11) is 0. The number of allylic oxidation sites excluding steroid dienone is 9. The van der Waals surface area contributed by atoms with Gasteiger partial charge in [-0.05, 0) is 22.3 Å². The van der Waals surface area contributed by atoms with Crippen molar-refractivity contribution in [1.82, 2.24) is 0 Å². The Labute approximate surface area is 165 Å². The molecular formula is C20H18Cl2Zr. The molecule has 1 aromatic rings. The number of hydrogen-bond donors (Lipinski definition) is 0. The molecule has 0 spiro atoms. The van der Waals surface area contributed by atoms with Gasteiger partial charge in [0.1, 0.15) is 0 Å². The first-order valence-corrected chi connectivity index (χ1v) is 8.76. The first-order chi connectivity index (χ1) is 10.3. The standard InChI is InChI=1S/C18H14.C2H4.2ClH.Zr/c1-3-7-15-13(5-1)9-11-17(15)18-12-10-14-6-2-4-8-16(14)18;1-2;;;/h1-12,15,18H;1H,2H3;2*1H;/q;;;;+2/p-2. The van der Waals surface area contributed by atoms with Gasteiger partial charge in [0.15, 0.2) is 0 Å². The normalized spacial score (nSPS) is 21.7. The van der Waals surface area contributed by atoms with Crippen LogP contribution < -0.4 is 24.8 Å². The Balaban J connectivity index is 0.000000494. The third-order valence-corrected chi connectivity index (χ3v) is 4.05. The van der Waals surface area contributed by atoms with Crippen molar-refractivity contribution in [3.63, 3.8) is 0 Å². The van der Waals surface area contributed by atoms with Crippen molar-refractivity contribution < 1.29 is 49.0 Å². The molecule has 2 unspecified atom stereocenters. The average Bonchev–Trinajstić information content (AvgIpc) is 3.11. The number of fused-ring (bicyclic) bond motifs is 2. The van der Waals surface area contributed by atoms with Gasteiger partial charge in [-0.2, -0.15) is 0 Å². The first-order valence-electron chi connectivity index (χ1n) is 7.34. The summed E-state index contributed by atoms with van der Waals surface area (Å²) >= 11 is 1.51. The van der Waals surface area contributed by atoms with Gasteiger partial charge < -0.3 is 24.8 Å². The van der Waals surface area contributed by atoms with Crippen LogP contribution in [0.1, 0.15) is 24.0 Å². The molecule has 0 fully saturated rings. The number of benzene rings is 1. The van der Waals surface area contributed by atoms with Gasteiger partial charge in [0.2, 0.25) is 0 Å². The fourth-order valence-electron chi connectivity index (χ4n) is 3.15. The van der Waals surface area contributed by atoms with Gasteiger partial charge in [0.25, 0.3) is 0 Å². The molecule has 3 aliphatic rings. The van der Waals surface area contributed by atoms with Gasteiger partial charge in [-0.15, -0.1) is 0 Å². The van der Waals surface area contributed by atoms with E-state index in [9.17, 15) is 0 Å². The van der Waals surface area contributed by atoms with Gasteiger partial charge in [0.05, 0.1) is 0 Å². The monoisotopic (exact) mass is 418 g/mol. The Kier molecular flexibility index (Phi) is 8.41. The van der Waals surface area contributed by atoms with Crippen LogP contribution in [0, 0.1) is 5.92 Å². The van der Waals surface area contributed by atoms with Crippen LogP contribution in [0.15, 0.2) is 77.9 Å². The molecule has 0 radical (unpaired) electrons. The average molecular weight is 420 g/mol. The van der Waals surface area contributed by atoms with Gasteiger partial charge in [-0.25, -0.2) is 0 Å². The molecular weight excluding hydrogens is 402 g/mol. The zero-order chi connectivity index (χ0) is 14.7. The summed E-state index contributed by atoms with van der Waals surface area (Å²) in [4.78, 5) is 0. The van der Waals surface area contributed by atoms with E-state index < -0.39 is 0 Å². The summed E-state index contributed by atoms with van der Waals surface area (Å²) in [5.41, 5.74) is 5.74. The van der Waals surface area contributed by atoms with Crippen molar-refractivity contribution in [3.8, 4) is 0 Å². The van der Waals surface area contributed by atoms with E-state index in [0.717, 1.165) is 0 Å². The molecule has 2 atom stereocenters. The van der Waals surface area contributed by atoms with E-state index in [1.54, 1.807) is 0 Å². The molecule has 0 aromatic heterocycles. The molecule has 0 aliphatic heterocycles. The zero-order valence-corrected chi connectivity index (χ0v) is 16.9. The third kappa shape index (κ3) is 4.21. The predicted octanol–water partition coefficient (Wildman–Crippen LogP) is -1.23. The maximum absolute atomic E-state index is 2.33. The topological polar surface area (TPSA) is 0 Å². The Hall–Kier alpha value is -0.747. The van der Waals surface area contributed by atoms with Gasteiger partial charge >= 0.3 is 34.9 Å². The van der Waals surface area contributed by atoms with Crippen molar-refractivity contribution in [2.45, 2.75) is 12.8 Å². The fourth-order valence-corrected chi connectivity index (χ4v) is 3.15. The quantitative estimate of drug-likeness (QED) is 0.534. The zero-order valence-electron chi connectivity index (χ0n) is 12.9. The van der Waals surface area contributed by atoms with E-state index in [0.29, 0.717) is 11.8 Å². The maximum atomic E-state index is 2.33. The van der Waals surface area contributed by atoms with Crippen LogP contribution in [0.3, 0.4) is 0 Å². The minimum Gasteiger partial charge on any atom is -1.00 e. The van der Waals surface area contributed by atoms with Crippen LogP contribution in [0.5, 0.6) is 0 Å². The summed E-state index contributed by atoms with van der Waals surface area (Å²) in [6.07, 6.45) is 18.0. The van der Waals surface area contributed by atoms with Crippen molar-refractivity contribution in [3.05, 3.63) is 89.1 Å². The minimum atomic E-state index is 0. The van der Waals surface area contributed by atoms with Crippen LogP contribution in [-0.2, 0) is 24.2 Å². The first kappa shape index (κ1) is 20.3. The molecule has 0 heterocycles. The van der Waals surface area contributed by atoms with Crippen molar-refractivity contribution in [2.24, 2.45) is 5.92 Å². The van der Waals surface area contributed by atoms with Crippen LogP contribution in [0.25, 0.3) is 6.08 Å². The van der Waals surface area contributed by atoms with Crippen molar-refractivity contribution >= 4 is 9.78 Å². The predicted molar refractivity (Wildman–Crippen MR) is 87.9 cm³/mol. The Morgan fingerprint density at radius 1 is 0.913 bits per heavy atom. The van der Waals surface area contributed by atoms with E-state index in [1.165, 1.54) is 46.5 Å². The molecule has 0 N–H and O–H groups in total. The van der Waals surface area contributed by atoms with Crippen molar-refractivity contribution in [1.29, 1.82) is 0 Å². The molecule has 23 heavy (non-hydrogen) atoms. The Morgan fingerprint density at radius 3 is 2.43 bits per heavy atom. The largest absolute Gasteiger partial charge is 1.00 e. The number of rotatable bonds is 1. The van der Waals surface area contributed by atoms with Crippen molar-refractivity contribution in [2.75, 3.05) is 0 Å². The van der Waals surface area contributed by atoms with E-state index in [1.807, 2.05) is 6.92 Å². The van der Waals surface area contributed by atoms with Gasteiger partial charge in [0, 0.05) is 11.8 Å². The molecule has 0 amide bonds. The molecule has 4 rings (SSSR count). The van der Waals surface area contributed by atoms with Gasteiger partial charge in [-0.3, -0.25) is 0 Å². The molecule has 3 aliphatic carbocycles. The smallest absolute Gasteiger partial charge is 1.00 e. The van der Waals surface area contributed by atoms with Crippen LogP contribution >= 0.6 is 0 Å². The fraction of sp³-hybridized carbons (Fsp3) is 0.150. The molecule has 0 saturated carbocycles. The van der Waals surface area contributed by atoms with E-state index in [4.69, 9.17) is 0 Å². The maximum Gasteiger partial charge on any atom is -1.00 e. The minimum absolute atomic E-state index is 0. The Bertz CT molecular complexity index is 708. The second kappa shape index (κ2) is 9.53. The molecule has 116 valence electrons. The van der Waals surface area contributed by atoms with E-state index >= 15 is 0 Å². The van der Waals surface area contributed by atoms with E-state index in [2.05, 4.69) is 76.6 Å². The Morgan fingerprint density at radius 2 is 1.65 bits per heavy atom. The SMILES string of the molecule is C1=CC2=CC=C(C3C=Cc4ccccc43)C2C=C1.C[CH]=[Zr+2].[Cl-].[Cl-]. The molecule has 0 nitrogen and oxygen atoms in total. The molecule has 0 saturated heterocycles. The van der Waals surface area contributed by atoms with Crippen LogP contribution in [-0.4, -0.2) is 3.71 Å². The second-order valence-corrected chi connectivity index (χ2v) is 6.73. The number of hydrogen-bond acceptors (Lipinski definition) is 0. The molecule has 3 heteroatoms. The summed E-state index contributed by atoms with van der Waals surface area (Å²) in [6.45, 7) is 2.04. The summed E-state index contributed by atoms with van der Waals surface area (Å²) in [5, 5.41) is 0. The second-order valence-electron chi connectivity index (χ2n) is 5.31. The summed E-state index contributed by atoms with van der Waals surface area (Å²) < 4.78 is 2.09. The summed E-state index contributed by atoms with van der Waals surface area (Å²) in [5.74, 6) is 0.937. The molecule has 1 aromatic carbocycles. The molecule has 0 bridgehead atoms. The van der Waals surface area contributed by atoms with Crippen LogP contribution in [0.2, 0.25) is 0 Å².